The second kappa shape index (κ2) is 5.02. The molecule has 0 unspecified atom stereocenters. The van der Waals surface area contributed by atoms with Crippen molar-refractivity contribution in [1.29, 1.82) is 0 Å². The molecular weight excluding hydrogens is 176 g/mol. The summed E-state index contributed by atoms with van der Waals surface area (Å²) in [6.07, 6.45) is 6.24. The average molecular weight is 192 g/mol. The molecule has 4 heteroatoms. The molecule has 1 aliphatic rings. The van der Waals surface area contributed by atoms with Crippen molar-refractivity contribution in [2.24, 2.45) is 0 Å². The minimum atomic E-state index is 0.757. The molecule has 0 aliphatic heterocycles. The molecular formula is C10H16N4. The SMILES string of the molecule is c1cnc(CNCCNC2CC2)nc1. The number of nitrogens with zero attached hydrogens (tertiary/aromatic N) is 2. The third-order valence-electron chi connectivity index (χ3n) is 2.21. The Morgan fingerprint density at radius 2 is 2.00 bits per heavy atom. The molecule has 2 N–H and O–H groups in total. The van der Waals surface area contributed by atoms with Crippen LogP contribution in [-0.2, 0) is 6.54 Å². The summed E-state index contributed by atoms with van der Waals surface area (Å²) in [5.74, 6) is 0.860. The summed E-state index contributed by atoms with van der Waals surface area (Å²) in [5.41, 5.74) is 0. The fourth-order valence-corrected chi connectivity index (χ4v) is 1.27. The molecule has 0 amide bonds. The Morgan fingerprint density at radius 3 is 2.71 bits per heavy atom. The van der Waals surface area contributed by atoms with Gasteiger partial charge in [0, 0.05) is 31.5 Å². The van der Waals surface area contributed by atoms with Gasteiger partial charge in [0.2, 0.25) is 0 Å². The van der Waals surface area contributed by atoms with Crippen LogP contribution in [0.3, 0.4) is 0 Å². The van der Waals surface area contributed by atoms with Crippen molar-refractivity contribution in [1.82, 2.24) is 20.6 Å². The fourth-order valence-electron chi connectivity index (χ4n) is 1.27. The van der Waals surface area contributed by atoms with Gasteiger partial charge >= 0.3 is 0 Å². The average Bonchev–Trinajstić information content (AvgIpc) is 3.03. The number of hydrogen-bond acceptors (Lipinski definition) is 4. The zero-order chi connectivity index (χ0) is 9.64. The van der Waals surface area contributed by atoms with E-state index in [0.29, 0.717) is 0 Å². The van der Waals surface area contributed by atoms with Gasteiger partial charge in [0.05, 0.1) is 6.54 Å². The van der Waals surface area contributed by atoms with E-state index >= 15 is 0 Å². The summed E-state index contributed by atoms with van der Waals surface area (Å²) in [7, 11) is 0. The van der Waals surface area contributed by atoms with Gasteiger partial charge in [-0.2, -0.15) is 0 Å². The molecule has 1 aromatic heterocycles. The van der Waals surface area contributed by atoms with Crippen molar-refractivity contribution < 1.29 is 0 Å². The van der Waals surface area contributed by atoms with Crippen LogP contribution in [0.2, 0.25) is 0 Å². The van der Waals surface area contributed by atoms with E-state index in [-0.39, 0.29) is 0 Å². The molecule has 1 fully saturated rings. The number of rotatable bonds is 6. The normalized spacial score (nSPS) is 15.7. The molecule has 2 rings (SSSR count). The Bertz CT molecular complexity index is 258. The van der Waals surface area contributed by atoms with Gasteiger partial charge in [0.25, 0.3) is 0 Å². The van der Waals surface area contributed by atoms with Crippen molar-refractivity contribution in [2.75, 3.05) is 13.1 Å². The first kappa shape index (κ1) is 9.55. The number of aromatic nitrogens is 2. The van der Waals surface area contributed by atoms with Gasteiger partial charge in [0.15, 0.2) is 0 Å². The second-order valence-electron chi connectivity index (χ2n) is 3.57. The maximum atomic E-state index is 4.13. The van der Waals surface area contributed by atoms with E-state index in [1.807, 2.05) is 6.07 Å². The topological polar surface area (TPSA) is 49.8 Å². The predicted octanol–water partition coefficient (Wildman–Crippen LogP) is 0.318. The van der Waals surface area contributed by atoms with E-state index in [4.69, 9.17) is 0 Å². The quantitative estimate of drug-likeness (QED) is 0.637. The van der Waals surface area contributed by atoms with Crippen LogP contribution in [0.5, 0.6) is 0 Å². The van der Waals surface area contributed by atoms with E-state index in [0.717, 1.165) is 31.5 Å². The van der Waals surface area contributed by atoms with Crippen LogP contribution >= 0.6 is 0 Å². The Labute approximate surface area is 84.2 Å². The molecule has 4 nitrogen and oxygen atoms in total. The third-order valence-corrected chi connectivity index (χ3v) is 2.21. The van der Waals surface area contributed by atoms with E-state index < -0.39 is 0 Å². The van der Waals surface area contributed by atoms with Crippen molar-refractivity contribution >= 4 is 0 Å². The molecule has 1 aliphatic carbocycles. The van der Waals surface area contributed by atoms with Crippen molar-refractivity contribution in [3.63, 3.8) is 0 Å². The summed E-state index contributed by atoms with van der Waals surface area (Å²) < 4.78 is 0. The highest BCUT2D eigenvalue weighted by atomic mass is 15.0. The predicted molar refractivity (Wildman–Crippen MR) is 54.8 cm³/mol. The smallest absolute Gasteiger partial charge is 0.141 e. The minimum Gasteiger partial charge on any atom is -0.313 e. The van der Waals surface area contributed by atoms with Crippen molar-refractivity contribution in [2.45, 2.75) is 25.4 Å². The lowest BCUT2D eigenvalue weighted by atomic mass is 10.5. The first-order chi connectivity index (χ1) is 6.95. The summed E-state index contributed by atoms with van der Waals surface area (Å²) in [6.45, 7) is 2.78. The summed E-state index contributed by atoms with van der Waals surface area (Å²) >= 11 is 0. The lowest BCUT2D eigenvalue weighted by Crippen LogP contribution is -2.28. The Balaban J connectivity index is 1.54. The zero-order valence-corrected chi connectivity index (χ0v) is 8.24. The van der Waals surface area contributed by atoms with Crippen LogP contribution in [0.25, 0.3) is 0 Å². The largest absolute Gasteiger partial charge is 0.313 e. The van der Waals surface area contributed by atoms with Crippen LogP contribution in [0.15, 0.2) is 18.5 Å². The molecule has 0 aromatic carbocycles. The highest BCUT2D eigenvalue weighted by Crippen LogP contribution is 2.17. The van der Waals surface area contributed by atoms with Gasteiger partial charge in [-0.15, -0.1) is 0 Å². The van der Waals surface area contributed by atoms with Gasteiger partial charge < -0.3 is 10.6 Å². The molecule has 1 saturated carbocycles. The molecule has 0 saturated heterocycles. The Hall–Kier alpha value is -1.00. The lowest BCUT2D eigenvalue weighted by Gasteiger charge is -2.04. The first-order valence-electron chi connectivity index (χ1n) is 5.15. The van der Waals surface area contributed by atoms with Crippen LogP contribution in [0, 0.1) is 0 Å². The highest BCUT2D eigenvalue weighted by Gasteiger charge is 2.19. The van der Waals surface area contributed by atoms with Gasteiger partial charge in [-0.1, -0.05) is 0 Å². The minimum absolute atomic E-state index is 0.757. The van der Waals surface area contributed by atoms with Crippen molar-refractivity contribution in [3.05, 3.63) is 24.3 Å². The zero-order valence-electron chi connectivity index (χ0n) is 8.24. The molecule has 0 bridgehead atoms. The molecule has 14 heavy (non-hydrogen) atoms. The summed E-state index contributed by atoms with van der Waals surface area (Å²) in [6, 6.07) is 2.63. The van der Waals surface area contributed by atoms with Crippen molar-refractivity contribution in [3.8, 4) is 0 Å². The number of hydrogen-bond donors (Lipinski definition) is 2. The lowest BCUT2D eigenvalue weighted by molar-refractivity contribution is 0.597. The maximum absolute atomic E-state index is 4.13. The summed E-state index contributed by atoms with van der Waals surface area (Å²) in [4.78, 5) is 8.26. The van der Waals surface area contributed by atoms with Crippen LogP contribution < -0.4 is 10.6 Å². The Morgan fingerprint density at radius 1 is 1.21 bits per heavy atom. The van der Waals surface area contributed by atoms with Gasteiger partial charge in [-0.3, -0.25) is 0 Å². The summed E-state index contributed by atoms with van der Waals surface area (Å²) in [5, 5.41) is 6.74. The fraction of sp³-hybridized carbons (Fsp3) is 0.600. The van der Waals surface area contributed by atoms with E-state index in [1.54, 1.807) is 12.4 Å². The molecule has 1 heterocycles. The van der Waals surface area contributed by atoms with E-state index in [9.17, 15) is 0 Å². The molecule has 0 radical (unpaired) electrons. The van der Waals surface area contributed by atoms with Gasteiger partial charge in [0.1, 0.15) is 5.82 Å². The molecule has 0 spiro atoms. The van der Waals surface area contributed by atoms with E-state index in [2.05, 4.69) is 20.6 Å². The molecule has 1 aromatic rings. The van der Waals surface area contributed by atoms with Gasteiger partial charge in [-0.25, -0.2) is 9.97 Å². The van der Waals surface area contributed by atoms with Crippen LogP contribution in [0.4, 0.5) is 0 Å². The second-order valence-corrected chi connectivity index (χ2v) is 3.57. The Kier molecular flexibility index (Phi) is 3.43. The highest BCUT2D eigenvalue weighted by molar-refractivity contribution is 4.87. The third kappa shape index (κ3) is 3.40. The monoisotopic (exact) mass is 192 g/mol. The standard InChI is InChI=1S/C10H16N4/c1-4-13-10(14-5-1)8-11-6-7-12-9-2-3-9/h1,4-5,9,11-12H,2-3,6-8H2. The van der Waals surface area contributed by atoms with Crippen LogP contribution in [0.1, 0.15) is 18.7 Å². The molecule has 0 atom stereocenters. The van der Waals surface area contributed by atoms with Crippen LogP contribution in [-0.4, -0.2) is 29.1 Å². The molecule has 76 valence electrons. The maximum Gasteiger partial charge on any atom is 0.141 e. The van der Waals surface area contributed by atoms with E-state index in [1.165, 1.54) is 12.8 Å². The van der Waals surface area contributed by atoms with Gasteiger partial charge in [-0.05, 0) is 18.9 Å². The first-order valence-corrected chi connectivity index (χ1v) is 5.15. The number of nitrogens with one attached hydrogen (secondary N) is 2.